The second-order valence-electron chi connectivity index (χ2n) is 6.58. The van der Waals surface area contributed by atoms with Crippen LogP contribution in [0, 0.1) is 11.3 Å². The summed E-state index contributed by atoms with van der Waals surface area (Å²) in [6.07, 6.45) is -0.821. The third-order valence-electron chi connectivity index (χ3n) is 5.08. The number of nitriles is 1. The molecule has 4 aromatic rings. The summed E-state index contributed by atoms with van der Waals surface area (Å²) in [5.41, 5.74) is 10.0. The first-order chi connectivity index (χ1) is 13.2. The molecule has 0 saturated heterocycles. The Balaban J connectivity index is 1.93. The molecule has 0 bridgehead atoms. The van der Waals surface area contributed by atoms with Crippen molar-refractivity contribution in [2.45, 2.75) is 6.23 Å². The number of imidazole rings is 1. The van der Waals surface area contributed by atoms with Gasteiger partial charge in [0.2, 0.25) is 0 Å². The number of para-hydroxylation sites is 2. The summed E-state index contributed by atoms with van der Waals surface area (Å²) in [6.45, 7) is 0. The molecular formula is C22H16N4O. The maximum atomic E-state index is 9.85. The number of nitrogens with zero attached hydrogens (tertiary/aromatic N) is 3. The van der Waals surface area contributed by atoms with Crippen LogP contribution in [0.1, 0.15) is 11.4 Å². The monoisotopic (exact) mass is 352 g/mol. The van der Waals surface area contributed by atoms with Gasteiger partial charge in [-0.2, -0.15) is 5.26 Å². The van der Waals surface area contributed by atoms with Gasteiger partial charge >= 0.3 is 0 Å². The molecule has 3 aromatic carbocycles. The van der Waals surface area contributed by atoms with Crippen molar-refractivity contribution in [2.75, 3.05) is 0 Å². The van der Waals surface area contributed by atoms with Crippen LogP contribution in [0.25, 0.3) is 27.4 Å². The highest BCUT2D eigenvalue weighted by atomic mass is 16.5. The lowest BCUT2D eigenvalue weighted by atomic mass is 9.91. The molecule has 0 fully saturated rings. The molecule has 130 valence electrons. The summed E-state index contributed by atoms with van der Waals surface area (Å²) in [6, 6.07) is 22.1. The maximum absolute atomic E-state index is 9.85. The van der Waals surface area contributed by atoms with Crippen molar-refractivity contribution in [3.05, 3.63) is 77.6 Å². The maximum Gasteiger partial charge on any atom is 0.184 e. The van der Waals surface area contributed by atoms with Crippen LogP contribution in [0.5, 0.6) is 5.75 Å². The van der Waals surface area contributed by atoms with Gasteiger partial charge < -0.3 is 9.30 Å². The van der Waals surface area contributed by atoms with Crippen LogP contribution in [-0.4, -0.2) is 15.8 Å². The second-order valence-corrected chi connectivity index (χ2v) is 6.58. The van der Waals surface area contributed by atoms with E-state index in [1.54, 1.807) is 0 Å². The first-order valence-corrected chi connectivity index (χ1v) is 8.69. The van der Waals surface area contributed by atoms with E-state index >= 15 is 0 Å². The van der Waals surface area contributed by atoms with Gasteiger partial charge in [-0.05, 0) is 29.0 Å². The van der Waals surface area contributed by atoms with E-state index in [0.29, 0.717) is 17.1 Å². The van der Waals surface area contributed by atoms with Gasteiger partial charge in [0.05, 0.1) is 16.6 Å². The Bertz CT molecular complexity index is 1290. The van der Waals surface area contributed by atoms with E-state index in [9.17, 15) is 5.26 Å². The van der Waals surface area contributed by atoms with E-state index in [2.05, 4.69) is 6.07 Å². The van der Waals surface area contributed by atoms with E-state index < -0.39 is 6.23 Å². The van der Waals surface area contributed by atoms with E-state index in [0.717, 1.165) is 32.9 Å². The third-order valence-corrected chi connectivity index (χ3v) is 5.08. The Morgan fingerprint density at radius 2 is 1.85 bits per heavy atom. The molecule has 27 heavy (non-hydrogen) atoms. The normalized spacial score (nSPS) is 16.3. The van der Waals surface area contributed by atoms with Crippen molar-refractivity contribution in [3.63, 3.8) is 0 Å². The molecular weight excluding hydrogens is 336 g/mol. The molecule has 0 spiro atoms. The first kappa shape index (κ1) is 15.6. The fourth-order valence-electron chi connectivity index (χ4n) is 3.80. The van der Waals surface area contributed by atoms with E-state index in [4.69, 9.17) is 15.5 Å². The molecule has 1 atom stereocenters. The quantitative estimate of drug-likeness (QED) is 0.566. The van der Waals surface area contributed by atoms with Gasteiger partial charge in [0, 0.05) is 18.2 Å². The van der Waals surface area contributed by atoms with Gasteiger partial charge in [-0.25, -0.2) is 4.98 Å². The van der Waals surface area contributed by atoms with Crippen LogP contribution in [-0.2, 0) is 7.05 Å². The lowest BCUT2D eigenvalue weighted by molar-refractivity contribution is 0.245. The van der Waals surface area contributed by atoms with Crippen molar-refractivity contribution in [3.8, 4) is 11.8 Å². The summed E-state index contributed by atoms with van der Waals surface area (Å²) < 4.78 is 7.88. The Morgan fingerprint density at radius 1 is 1.07 bits per heavy atom. The predicted octanol–water partition coefficient (Wildman–Crippen LogP) is 3.73. The van der Waals surface area contributed by atoms with Crippen LogP contribution in [0.2, 0.25) is 0 Å². The van der Waals surface area contributed by atoms with Crippen molar-refractivity contribution in [1.82, 2.24) is 9.55 Å². The molecule has 5 heteroatoms. The number of hydrogen-bond donors (Lipinski definition) is 1. The molecule has 0 aliphatic carbocycles. The minimum atomic E-state index is -0.821. The standard InChI is InChI=1S/C22H16N4O/c1-26-17-9-5-4-8-16(17)25-22(26)20-15(12-23)21(24)27-18-11-10-13-6-2-3-7-14(13)19(18)20/h2-11,21H,24H2,1H3. The fraction of sp³-hybridized carbons (Fsp3) is 0.0909. The lowest BCUT2D eigenvalue weighted by Gasteiger charge is -2.26. The van der Waals surface area contributed by atoms with Crippen LogP contribution in [0.4, 0.5) is 0 Å². The summed E-state index contributed by atoms with van der Waals surface area (Å²) in [5.74, 6) is 1.38. The molecule has 0 saturated carbocycles. The predicted molar refractivity (Wildman–Crippen MR) is 105 cm³/mol. The zero-order chi connectivity index (χ0) is 18.5. The summed E-state index contributed by atoms with van der Waals surface area (Å²) in [5, 5.41) is 11.9. The van der Waals surface area contributed by atoms with Gasteiger partial charge in [0.1, 0.15) is 17.6 Å². The second kappa shape index (κ2) is 5.70. The molecule has 1 aliphatic rings. The number of hydrogen-bond acceptors (Lipinski definition) is 4. The summed E-state index contributed by atoms with van der Waals surface area (Å²) in [7, 11) is 1.96. The summed E-state index contributed by atoms with van der Waals surface area (Å²) >= 11 is 0. The van der Waals surface area contributed by atoms with Gasteiger partial charge in [-0.15, -0.1) is 0 Å². The van der Waals surface area contributed by atoms with Gasteiger partial charge in [-0.3, -0.25) is 5.73 Å². The van der Waals surface area contributed by atoms with Crippen molar-refractivity contribution < 1.29 is 4.74 Å². The Labute approximate surface area is 155 Å². The largest absolute Gasteiger partial charge is 0.470 e. The molecule has 5 nitrogen and oxygen atoms in total. The molecule has 1 aromatic heterocycles. The Morgan fingerprint density at radius 3 is 2.67 bits per heavy atom. The number of aromatic nitrogens is 2. The van der Waals surface area contributed by atoms with Gasteiger partial charge in [-0.1, -0.05) is 42.5 Å². The molecule has 0 radical (unpaired) electrons. The van der Waals surface area contributed by atoms with Crippen LogP contribution < -0.4 is 10.5 Å². The number of ether oxygens (including phenoxy) is 1. The number of nitrogens with two attached hydrogens (primary N) is 1. The van der Waals surface area contributed by atoms with Crippen LogP contribution in [0.15, 0.2) is 66.2 Å². The highest BCUT2D eigenvalue weighted by molar-refractivity contribution is 6.02. The van der Waals surface area contributed by atoms with E-state index in [1.165, 1.54) is 0 Å². The van der Waals surface area contributed by atoms with Crippen molar-refractivity contribution in [2.24, 2.45) is 12.8 Å². The molecule has 2 N–H and O–H groups in total. The zero-order valence-electron chi connectivity index (χ0n) is 14.7. The number of benzene rings is 3. The minimum absolute atomic E-state index is 0.386. The van der Waals surface area contributed by atoms with Gasteiger partial charge in [0.25, 0.3) is 0 Å². The molecule has 1 aliphatic heterocycles. The van der Waals surface area contributed by atoms with Gasteiger partial charge in [0.15, 0.2) is 6.23 Å². The molecule has 2 heterocycles. The van der Waals surface area contributed by atoms with E-state index in [1.807, 2.05) is 72.3 Å². The number of fused-ring (bicyclic) bond motifs is 4. The van der Waals surface area contributed by atoms with Crippen LogP contribution in [0.3, 0.4) is 0 Å². The summed E-state index contributed by atoms with van der Waals surface area (Å²) in [4.78, 5) is 4.82. The zero-order valence-corrected chi connectivity index (χ0v) is 14.7. The third kappa shape index (κ3) is 2.17. The van der Waals surface area contributed by atoms with Crippen LogP contribution >= 0.6 is 0 Å². The Hall–Kier alpha value is -3.62. The molecule has 5 rings (SSSR count). The Kier molecular flexibility index (Phi) is 3.30. The fourth-order valence-corrected chi connectivity index (χ4v) is 3.80. The van der Waals surface area contributed by atoms with Crippen molar-refractivity contribution >= 4 is 27.4 Å². The van der Waals surface area contributed by atoms with E-state index in [-0.39, 0.29) is 0 Å². The minimum Gasteiger partial charge on any atom is -0.470 e. The highest BCUT2D eigenvalue weighted by Gasteiger charge is 2.31. The number of rotatable bonds is 1. The lowest BCUT2D eigenvalue weighted by Crippen LogP contribution is -2.33. The average molecular weight is 352 g/mol. The topological polar surface area (TPSA) is 76.9 Å². The molecule has 1 unspecified atom stereocenters. The number of aryl methyl sites for hydroxylation is 1. The SMILES string of the molecule is Cn1c(C2=C(C#N)C(N)Oc3ccc4ccccc4c32)nc2ccccc21. The smallest absolute Gasteiger partial charge is 0.184 e. The average Bonchev–Trinajstić information content (AvgIpc) is 3.03. The van der Waals surface area contributed by atoms with Crippen molar-refractivity contribution in [1.29, 1.82) is 5.26 Å². The molecule has 0 amide bonds. The highest BCUT2D eigenvalue weighted by Crippen LogP contribution is 2.42. The first-order valence-electron chi connectivity index (χ1n) is 8.69.